The number of carbonyl (C=O) groups is 2. The van der Waals surface area contributed by atoms with Gasteiger partial charge in [0.25, 0.3) is 0 Å². The minimum Gasteiger partial charge on any atom is -0.493 e. The summed E-state index contributed by atoms with van der Waals surface area (Å²) in [7, 11) is 6.18. The molecule has 0 aromatic heterocycles. The Labute approximate surface area is 195 Å². The molecule has 0 saturated heterocycles. The fourth-order valence-electron chi connectivity index (χ4n) is 4.30. The van der Waals surface area contributed by atoms with Crippen molar-refractivity contribution in [3.05, 3.63) is 47.0 Å². The van der Waals surface area contributed by atoms with Crippen LogP contribution in [0.1, 0.15) is 53.6 Å². The molecule has 0 heterocycles. The molecule has 0 aliphatic heterocycles. The molecular formula is C26H33NO6. The number of nitrogens with one attached hydrogen (secondary N) is 1. The highest BCUT2D eigenvalue weighted by Crippen LogP contribution is 2.33. The predicted molar refractivity (Wildman–Crippen MR) is 126 cm³/mol. The van der Waals surface area contributed by atoms with Gasteiger partial charge in [-0.1, -0.05) is 25.3 Å². The number of methoxy groups -OCH3 is 4. The molecule has 0 radical (unpaired) electrons. The number of hydrogen-bond donors (Lipinski definition) is 1. The zero-order chi connectivity index (χ0) is 23.8. The van der Waals surface area contributed by atoms with Crippen LogP contribution in [0.5, 0.6) is 23.0 Å². The van der Waals surface area contributed by atoms with Crippen LogP contribution in [0.25, 0.3) is 0 Å². The monoisotopic (exact) mass is 455 g/mol. The lowest BCUT2D eigenvalue weighted by Crippen LogP contribution is -2.37. The molecule has 2 aromatic rings. The maximum atomic E-state index is 13.3. The van der Waals surface area contributed by atoms with Crippen LogP contribution in [-0.2, 0) is 17.6 Å². The standard InChI is InChI=1S/C26H33NO6/c1-30-22-11-10-17(13-23(22)31-2)12-21(28)20-16-25(33-4)24(32-3)14-18(20)15-26(29)27-19-8-6-5-7-9-19/h10-11,13-14,16,19H,5-9,12,15H2,1-4H3,(H,27,29). The number of amides is 1. The van der Waals surface area contributed by atoms with E-state index in [1.54, 1.807) is 38.5 Å². The fraction of sp³-hybridized carbons (Fsp3) is 0.462. The van der Waals surface area contributed by atoms with Gasteiger partial charge in [0.2, 0.25) is 5.91 Å². The zero-order valence-electron chi connectivity index (χ0n) is 19.9. The van der Waals surface area contributed by atoms with Crippen molar-refractivity contribution in [3.63, 3.8) is 0 Å². The first-order valence-corrected chi connectivity index (χ1v) is 11.3. The van der Waals surface area contributed by atoms with E-state index in [0.29, 0.717) is 34.1 Å². The van der Waals surface area contributed by atoms with Crippen molar-refractivity contribution in [2.75, 3.05) is 28.4 Å². The topological polar surface area (TPSA) is 83.1 Å². The summed E-state index contributed by atoms with van der Waals surface area (Å²) >= 11 is 0. The highest BCUT2D eigenvalue weighted by atomic mass is 16.5. The van der Waals surface area contributed by atoms with Crippen molar-refractivity contribution in [1.82, 2.24) is 5.32 Å². The first-order valence-electron chi connectivity index (χ1n) is 11.3. The first-order chi connectivity index (χ1) is 16.0. The molecule has 1 aliphatic rings. The summed E-state index contributed by atoms with van der Waals surface area (Å²) in [6.07, 6.45) is 5.74. The second-order valence-electron chi connectivity index (χ2n) is 8.23. The van der Waals surface area contributed by atoms with Gasteiger partial charge >= 0.3 is 0 Å². The summed E-state index contributed by atoms with van der Waals surface area (Å²) in [6, 6.07) is 8.97. The predicted octanol–water partition coefficient (Wildman–Crippen LogP) is 4.14. The summed E-state index contributed by atoms with van der Waals surface area (Å²) < 4.78 is 21.5. The average molecular weight is 456 g/mol. The molecule has 2 aromatic carbocycles. The molecule has 0 spiro atoms. The van der Waals surface area contributed by atoms with E-state index in [1.807, 2.05) is 6.07 Å². The van der Waals surface area contributed by atoms with E-state index in [-0.39, 0.29) is 30.6 Å². The van der Waals surface area contributed by atoms with Crippen LogP contribution in [0.15, 0.2) is 30.3 Å². The van der Waals surface area contributed by atoms with Crippen LogP contribution < -0.4 is 24.3 Å². The largest absolute Gasteiger partial charge is 0.493 e. The van der Waals surface area contributed by atoms with Gasteiger partial charge in [-0.3, -0.25) is 9.59 Å². The second kappa shape index (κ2) is 11.6. The van der Waals surface area contributed by atoms with Crippen LogP contribution in [0.3, 0.4) is 0 Å². The van der Waals surface area contributed by atoms with E-state index in [1.165, 1.54) is 20.6 Å². The summed E-state index contributed by atoms with van der Waals surface area (Å²) in [6.45, 7) is 0. The minimum atomic E-state index is -0.122. The third kappa shape index (κ3) is 6.18. The van der Waals surface area contributed by atoms with Gasteiger partial charge in [-0.25, -0.2) is 0 Å². The molecular weight excluding hydrogens is 422 g/mol. The Morgan fingerprint density at radius 2 is 1.39 bits per heavy atom. The number of hydrogen-bond acceptors (Lipinski definition) is 6. The molecule has 0 unspecified atom stereocenters. The Bertz CT molecular complexity index is 981. The molecule has 1 N–H and O–H groups in total. The molecule has 1 aliphatic carbocycles. The Morgan fingerprint density at radius 3 is 2.03 bits per heavy atom. The second-order valence-corrected chi connectivity index (χ2v) is 8.23. The molecule has 1 fully saturated rings. The lowest BCUT2D eigenvalue weighted by molar-refractivity contribution is -0.121. The third-order valence-corrected chi connectivity index (χ3v) is 6.04. The average Bonchev–Trinajstić information content (AvgIpc) is 2.84. The van der Waals surface area contributed by atoms with Crippen LogP contribution in [-0.4, -0.2) is 46.2 Å². The molecule has 0 atom stereocenters. The molecule has 1 saturated carbocycles. The number of carbonyl (C=O) groups excluding carboxylic acids is 2. The smallest absolute Gasteiger partial charge is 0.224 e. The van der Waals surface area contributed by atoms with Gasteiger partial charge in [0.1, 0.15) is 0 Å². The summed E-state index contributed by atoms with van der Waals surface area (Å²) in [4.78, 5) is 26.1. The first kappa shape index (κ1) is 24.4. The van der Waals surface area contributed by atoms with Crippen molar-refractivity contribution in [2.24, 2.45) is 0 Å². The third-order valence-electron chi connectivity index (χ3n) is 6.04. The molecule has 0 bridgehead atoms. The maximum absolute atomic E-state index is 13.3. The van der Waals surface area contributed by atoms with E-state index in [2.05, 4.69) is 5.32 Å². The maximum Gasteiger partial charge on any atom is 0.224 e. The van der Waals surface area contributed by atoms with Crippen molar-refractivity contribution >= 4 is 11.7 Å². The zero-order valence-corrected chi connectivity index (χ0v) is 19.9. The van der Waals surface area contributed by atoms with E-state index in [4.69, 9.17) is 18.9 Å². The summed E-state index contributed by atoms with van der Waals surface area (Å²) in [5, 5.41) is 3.12. The minimum absolute atomic E-state index is 0.0886. The van der Waals surface area contributed by atoms with Crippen molar-refractivity contribution < 1.29 is 28.5 Å². The SMILES string of the molecule is COc1ccc(CC(=O)c2cc(OC)c(OC)cc2CC(=O)NC2CCCCC2)cc1OC. The van der Waals surface area contributed by atoms with Crippen LogP contribution in [0, 0.1) is 0 Å². The molecule has 3 rings (SSSR count). The molecule has 1 amide bonds. The summed E-state index contributed by atoms with van der Waals surface area (Å²) in [5.74, 6) is 1.88. The quantitative estimate of drug-likeness (QED) is 0.542. The number of rotatable bonds is 10. The highest BCUT2D eigenvalue weighted by Gasteiger charge is 2.21. The van der Waals surface area contributed by atoms with Crippen molar-refractivity contribution in [2.45, 2.75) is 51.0 Å². The van der Waals surface area contributed by atoms with Gasteiger partial charge in [-0.2, -0.15) is 0 Å². The van der Waals surface area contributed by atoms with E-state index in [0.717, 1.165) is 31.2 Å². The van der Waals surface area contributed by atoms with E-state index < -0.39 is 0 Å². The van der Waals surface area contributed by atoms with Crippen LogP contribution >= 0.6 is 0 Å². The number of ketones is 1. The van der Waals surface area contributed by atoms with Gasteiger partial charge in [0, 0.05) is 18.0 Å². The van der Waals surface area contributed by atoms with Crippen LogP contribution in [0.2, 0.25) is 0 Å². The number of Topliss-reactive ketones (excluding diaryl/α,β-unsaturated/α-hetero) is 1. The fourth-order valence-corrected chi connectivity index (χ4v) is 4.30. The van der Waals surface area contributed by atoms with Gasteiger partial charge in [0.15, 0.2) is 28.8 Å². The van der Waals surface area contributed by atoms with E-state index >= 15 is 0 Å². The van der Waals surface area contributed by atoms with Crippen molar-refractivity contribution in [1.29, 1.82) is 0 Å². The van der Waals surface area contributed by atoms with Crippen LogP contribution in [0.4, 0.5) is 0 Å². The lowest BCUT2D eigenvalue weighted by Gasteiger charge is -2.23. The Balaban J connectivity index is 1.85. The molecule has 7 nitrogen and oxygen atoms in total. The Morgan fingerprint density at radius 1 is 0.788 bits per heavy atom. The summed E-state index contributed by atoms with van der Waals surface area (Å²) in [5.41, 5.74) is 1.85. The Kier molecular flexibility index (Phi) is 8.58. The number of benzene rings is 2. The molecule has 7 heteroatoms. The van der Waals surface area contributed by atoms with Gasteiger partial charge in [-0.05, 0) is 48.2 Å². The highest BCUT2D eigenvalue weighted by molar-refractivity contribution is 6.00. The molecule has 178 valence electrons. The van der Waals surface area contributed by atoms with Gasteiger partial charge < -0.3 is 24.3 Å². The normalized spacial score (nSPS) is 13.8. The molecule has 33 heavy (non-hydrogen) atoms. The van der Waals surface area contributed by atoms with Gasteiger partial charge in [0.05, 0.1) is 34.9 Å². The van der Waals surface area contributed by atoms with Gasteiger partial charge in [-0.15, -0.1) is 0 Å². The Hall–Kier alpha value is -3.22. The van der Waals surface area contributed by atoms with E-state index in [9.17, 15) is 9.59 Å². The van der Waals surface area contributed by atoms with Crippen molar-refractivity contribution in [3.8, 4) is 23.0 Å². The number of ether oxygens (including phenoxy) is 4. The lowest BCUT2D eigenvalue weighted by atomic mass is 9.94.